The molecule has 4 aromatic carbocycles. The van der Waals surface area contributed by atoms with Gasteiger partial charge in [0.2, 0.25) is 0 Å². The molecule has 0 radical (unpaired) electrons. The van der Waals surface area contributed by atoms with E-state index in [0.717, 1.165) is 11.1 Å². The number of nitrogens with one attached hydrogen (secondary N) is 1. The molecular weight excluding hydrogens is 655 g/mol. The van der Waals surface area contributed by atoms with Crippen LogP contribution in [0.3, 0.4) is 0 Å². The Morgan fingerprint density at radius 2 is 1.05 bits per heavy atom. The first-order valence-corrected chi connectivity index (χ1v) is 13.5. The van der Waals surface area contributed by atoms with E-state index in [1.165, 1.54) is 11.1 Å². The maximum absolute atomic E-state index is 12.8. The molecule has 0 aromatic heterocycles. The Morgan fingerprint density at radius 3 is 1.51 bits per heavy atom. The molecule has 37 heavy (non-hydrogen) atoms. The van der Waals surface area contributed by atoms with Crippen molar-refractivity contribution in [2.45, 2.75) is 50.6 Å². The van der Waals surface area contributed by atoms with E-state index in [1.807, 2.05) is 67.6 Å². The molecule has 0 spiro atoms. The second-order valence-electron chi connectivity index (χ2n) is 9.20. The predicted octanol–water partition coefficient (Wildman–Crippen LogP) is 8.71. The number of rotatable bonds is 7. The Morgan fingerprint density at radius 1 is 0.622 bits per heavy atom. The fourth-order valence-electron chi connectivity index (χ4n) is 3.68. The van der Waals surface area contributed by atoms with Crippen molar-refractivity contribution in [2.24, 2.45) is 0 Å². The van der Waals surface area contributed by atoms with Gasteiger partial charge in [0, 0.05) is 4.90 Å². The summed E-state index contributed by atoms with van der Waals surface area (Å²) < 4.78 is 29.8. The first-order valence-electron chi connectivity index (χ1n) is 12.1. The normalized spacial score (nSPS) is 12.6. The standard InChI is InChI=1S/C21H20N2O2S.C10H14.Os/c1-16-12-14-19(15-13-16)26(24,25)23-21(18-10-6-3-7-11-18)20(22)17-8-4-2-5-9-17;1-8(2)10-6-4-9(3)5-7-10;/h2-15,20-22H,1H3;4-8H,1-3H3;/q-2;;+2/t20-,21-;;/m0../s1. The minimum Gasteiger partial charge on any atom is -0.672 e. The molecule has 0 saturated heterocycles. The van der Waals surface area contributed by atoms with Crippen LogP contribution in [0.4, 0.5) is 0 Å². The first kappa shape index (κ1) is 30.6. The van der Waals surface area contributed by atoms with E-state index in [-0.39, 0.29) is 24.7 Å². The summed E-state index contributed by atoms with van der Waals surface area (Å²) in [6.07, 6.45) is 0. The van der Waals surface area contributed by atoms with Gasteiger partial charge >= 0.3 is 19.8 Å². The van der Waals surface area contributed by atoms with Crippen LogP contribution >= 0.6 is 0 Å². The largest absolute Gasteiger partial charge is 2.00 e. The number of sulfonamides is 1. The Bertz CT molecular complexity index is 1310. The van der Waals surface area contributed by atoms with Crippen LogP contribution < -0.4 is 0 Å². The van der Waals surface area contributed by atoms with Gasteiger partial charge in [-0.2, -0.15) is 0 Å². The van der Waals surface area contributed by atoms with Crippen molar-refractivity contribution < 1.29 is 28.2 Å². The molecule has 4 aromatic rings. The van der Waals surface area contributed by atoms with E-state index >= 15 is 0 Å². The molecule has 0 bridgehead atoms. The minimum atomic E-state index is -3.87. The molecule has 4 nitrogen and oxygen atoms in total. The minimum absolute atomic E-state index is 0. The van der Waals surface area contributed by atoms with Crippen LogP contribution in [0.1, 0.15) is 59.7 Å². The third-order valence-corrected chi connectivity index (χ3v) is 7.30. The zero-order valence-electron chi connectivity index (χ0n) is 21.6. The van der Waals surface area contributed by atoms with E-state index < -0.39 is 22.1 Å². The molecule has 0 saturated carbocycles. The molecule has 6 heteroatoms. The quantitative estimate of drug-likeness (QED) is 0.195. The van der Waals surface area contributed by atoms with Crippen molar-refractivity contribution in [3.05, 3.63) is 147 Å². The molecule has 4 rings (SSSR count). The van der Waals surface area contributed by atoms with Gasteiger partial charge in [0.1, 0.15) is 10.0 Å². The van der Waals surface area contributed by atoms with E-state index in [2.05, 4.69) is 49.8 Å². The van der Waals surface area contributed by atoms with E-state index in [0.29, 0.717) is 11.5 Å². The predicted molar refractivity (Wildman–Crippen MR) is 150 cm³/mol. The third kappa shape index (κ3) is 9.02. The van der Waals surface area contributed by atoms with E-state index in [4.69, 9.17) is 5.73 Å². The maximum Gasteiger partial charge on any atom is 2.00 e. The van der Waals surface area contributed by atoms with Gasteiger partial charge in [0.15, 0.2) is 0 Å². The van der Waals surface area contributed by atoms with Crippen LogP contribution in [0.15, 0.2) is 114 Å². The number of aryl methyl sites for hydroxylation is 2. The SMILES string of the molecule is Cc1ccc(C(C)C)cc1.Cc1ccc(S(=O)(=O)[N-][C@@H](c2ccccc2)[C@@H]([NH-])c2ccccc2)cc1.[Os+2]. The van der Waals surface area contributed by atoms with Crippen LogP contribution in [-0.4, -0.2) is 8.42 Å². The molecule has 2 atom stereocenters. The van der Waals surface area contributed by atoms with Gasteiger partial charge in [0.05, 0.1) is 0 Å². The Labute approximate surface area is 235 Å². The zero-order valence-corrected chi connectivity index (χ0v) is 25.0. The second-order valence-corrected chi connectivity index (χ2v) is 10.8. The molecule has 194 valence electrons. The van der Waals surface area contributed by atoms with Gasteiger partial charge in [-0.1, -0.05) is 133 Å². The zero-order chi connectivity index (χ0) is 26.1. The maximum atomic E-state index is 12.8. The third-order valence-electron chi connectivity index (χ3n) is 5.93. The van der Waals surface area contributed by atoms with Gasteiger partial charge in [-0.05, 0) is 37.5 Å². The number of hydrogen-bond acceptors (Lipinski definition) is 2. The van der Waals surface area contributed by atoms with E-state index in [9.17, 15) is 8.42 Å². The van der Waals surface area contributed by atoms with Gasteiger partial charge in [-0.15, -0.1) is 12.1 Å². The summed E-state index contributed by atoms with van der Waals surface area (Å²) in [6, 6.07) is 32.0. The summed E-state index contributed by atoms with van der Waals surface area (Å²) in [5.41, 5.74) is 13.8. The molecule has 0 aliphatic rings. The van der Waals surface area contributed by atoms with Crippen LogP contribution in [0, 0.1) is 13.8 Å². The second kappa shape index (κ2) is 14.4. The summed E-state index contributed by atoms with van der Waals surface area (Å²) >= 11 is 0. The molecule has 0 amide bonds. The molecule has 0 aliphatic heterocycles. The van der Waals surface area contributed by atoms with Gasteiger partial charge in [0.25, 0.3) is 0 Å². The summed E-state index contributed by atoms with van der Waals surface area (Å²) in [7, 11) is -3.87. The number of benzene rings is 4. The van der Waals surface area contributed by atoms with Gasteiger partial charge in [-0.25, -0.2) is 8.42 Å². The molecule has 0 unspecified atom stereocenters. The number of nitrogens with zero attached hydrogens (tertiary/aromatic N) is 1. The van der Waals surface area contributed by atoms with Crippen molar-refractivity contribution in [3.8, 4) is 0 Å². The fraction of sp³-hybridized carbons (Fsp3) is 0.226. The van der Waals surface area contributed by atoms with Gasteiger partial charge in [-0.3, -0.25) is 0 Å². The van der Waals surface area contributed by atoms with Gasteiger partial charge < -0.3 is 10.5 Å². The van der Waals surface area contributed by atoms with Crippen LogP contribution in [0.2, 0.25) is 0 Å². The topological polar surface area (TPSA) is 72.0 Å². The van der Waals surface area contributed by atoms with Crippen molar-refractivity contribution in [1.29, 1.82) is 0 Å². The summed E-state index contributed by atoms with van der Waals surface area (Å²) in [6.45, 7) is 8.44. The average molecular weight is 689 g/mol. The summed E-state index contributed by atoms with van der Waals surface area (Å²) in [5.74, 6) is 0.653. The summed E-state index contributed by atoms with van der Waals surface area (Å²) in [4.78, 5) is 0.143. The number of hydrogen-bond donors (Lipinski definition) is 0. The average Bonchev–Trinajstić information content (AvgIpc) is 2.89. The van der Waals surface area contributed by atoms with E-state index in [1.54, 1.807) is 24.3 Å². The first-order chi connectivity index (χ1) is 17.2. The Kier molecular flexibility index (Phi) is 11.9. The monoisotopic (exact) mass is 690 g/mol. The molecular formula is C31H34N2O2OsS. The molecule has 0 heterocycles. The van der Waals surface area contributed by atoms with Crippen molar-refractivity contribution >= 4 is 10.0 Å². The van der Waals surface area contributed by atoms with Crippen LogP contribution in [0.5, 0.6) is 0 Å². The molecule has 0 fully saturated rings. The molecule has 1 N–H and O–H groups in total. The van der Waals surface area contributed by atoms with Crippen molar-refractivity contribution in [3.63, 3.8) is 0 Å². The fourth-order valence-corrected chi connectivity index (χ4v) is 4.82. The van der Waals surface area contributed by atoms with Crippen LogP contribution in [0.25, 0.3) is 10.5 Å². The Balaban J connectivity index is 0.000000369. The van der Waals surface area contributed by atoms with Crippen molar-refractivity contribution in [1.82, 2.24) is 0 Å². The Hall–Kier alpha value is -2.61. The van der Waals surface area contributed by atoms with Crippen LogP contribution in [-0.2, 0) is 29.8 Å². The van der Waals surface area contributed by atoms with Crippen molar-refractivity contribution in [2.75, 3.05) is 0 Å². The smallest absolute Gasteiger partial charge is 0.672 e. The summed E-state index contributed by atoms with van der Waals surface area (Å²) in [5, 5.41) is 0. The molecule has 0 aliphatic carbocycles.